The van der Waals surface area contributed by atoms with Gasteiger partial charge in [-0.1, -0.05) is 6.07 Å². The lowest BCUT2D eigenvalue weighted by molar-refractivity contribution is 0.200. The van der Waals surface area contributed by atoms with Crippen molar-refractivity contribution in [1.29, 1.82) is 0 Å². The average Bonchev–Trinajstić information content (AvgIpc) is 2.40. The molecule has 2 rings (SSSR count). The third-order valence-corrected chi connectivity index (χ3v) is 2.96. The number of carbonyl (C=O) groups is 1. The lowest BCUT2D eigenvalue weighted by Gasteiger charge is -2.26. The number of hydrogen-bond donors (Lipinski definition) is 1. The third kappa shape index (κ3) is 3.12. The molecule has 1 aromatic rings. The van der Waals surface area contributed by atoms with E-state index in [2.05, 4.69) is 5.32 Å². The number of likely N-dealkylation sites (tertiary alicyclic amines) is 1. The maximum absolute atomic E-state index is 11.9. The van der Waals surface area contributed by atoms with Crippen molar-refractivity contribution in [2.24, 2.45) is 0 Å². The number of benzene rings is 1. The first-order valence-electron chi connectivity index (χ1n) is 5.99. The number of amides is 2. The Morgan fingerprint density at radius 1 is 1.29 bits per heavy atom. The molecular weight excluding hydrogens is 216 g/mol. The highest BCUT2D eigenvalue weighted by Crippen LogP contribution is 2.18. The Morgan fingerprint density at radius 3 is 2.76 bits per heavy atom. The van der Waals surface area contributed by atoms with Crippen LogP contribution in [0.3, 0.4) is 0 Å². The molecule has 0 aliphatic carbocycles. The number of hydrogen-bond acceptors (Lipinski definition) is 2. The molecule has 0 spiro atoms. The fourth-order valence-corrected chi connectivity index (χ4v) is 2.00. The summed E-state index contributed by atoms with van der Waals surface area (Å²) in [6.45, 7) is 1.71. The zero-order chi connectivity index (χ0) is 12.1. The van der Waals surface area contributed by atoms with Crippen molar-refractivity contribution < 1.29 is 9.53 Å². The number of anilines is 1. The lowest BCUT2D eigenvalue weighted by Crippen LogP contribution is -2.38. The van der Waals surface area contributed by atoms with Crippen LogP contribution >= 0.6 is 0 Å². The van der Waals surface area contributed by atoms with Crippen LogP contribution in [0.1, 0.15) is 19.3 Å². The SMILES string of the molecule is COc1cccc(NC(=O)N2CCCCC2)c1. The first-order chi connectivity index (χ1) is 8.29. The minimum Gasteiger partial charge on any atom is -0.497 e. The van der Waals surface area contributed by atoms with Gasteiger partial charge in [-0.15, -0.1) is 0 Å². The fraction of sp³-hybridized carbons (Fsp3) is 0.462. The zero-order valence-electron chi connectivity index (χ0n) is 10.1. The van der Waals surface area contributed by atoms with Crippen LogP contribution in [0, 0.1) is 0 Å². The highest BCUT2D eigenvalue weighted by Gasteiger charge is 2.16. The highest BCUT2D eigenvalue weighted by molar-refractivity contribution is 5.89. The molecule has 1 aliphatic rings. The molecule has 0 atom stereocenters. The summed E-state index contributed by atoms with van der Waals surface area (Å²) in [7, 11) is 1.62. The van der Waals surface area contributed by atoms with Gasteiger partial charge in [0.2, 0.25) is 0 Å². The molecule has 1 fully saturated rings. The Hall–Kier alpha value is -1.71. The molecule has 17 heavy (non-hydrogen) atoms. The van der Waals surface area contributed by atoms with Crippen LogP contribution in [0.15, 0.2) is 24.3 Å². The normalized spacial score (nSPS) is 15.5. The van der Waals surface area contributed by atoms with Gasteiger partial charge < -0.3 is 15.0 Å². The van der Waals surface area contributed by atoms with Crippen molar-refractivity contribution in [3.05, 3.63) is 24.3 Å². The molecule has 1 saturated heterocycles. The number of nitrogens with one attached hydrogen (secondary N) is 1. The maximum atomic E-state index is 11.9. The molecule has 4 heteroatoms. The second-order valence-electron chi connectivity index (χ2n) is 4.21. The fourth-order valence-electron chi connectivity index (χ4n) is 2.00. The van der Waals surface area contributed by atoms with Crippen molar-refractivity contribution >= 4 is 11.7 Å². The molecule has 0 unspecified atom stereocenters. The van der Waals surface area contributed by atoms with Crippen molar-refractivity contribution in [3.63, 3.8) is 0 Å². The Bertz CT molecular complexity index is 387. The first kappa shape index (κ1) is 11.8. The number of methoxy groups -OCH3 is 1. The molecule has 0 aromatic heterocycles. The Morgan fingerprint density at radius 2 is 2.06 bits per heavy atom. The highest BCUT2D eigenvalue weighted by atomic mass is 16.5. The zero-order valence-corrected chi connectivity index (χ0v) is 10.1. The van der Waals surface area contributed by atoms with Gasteiger partial charge in [-0.3, -0.25) is 0 Å². The summed E-state index contributed by atoms with van der Waals surface area (Å²) in [4.78, 5) is 13.8. The van der Waals surface area contributed by atoms with Crippen LogP contribution in [-0.4, -0.2) is 31.1 Å². The summed E-state index contributed by atoms with van der Waals surface area (Å²) in [5.74, 6) is 0.751. The predicted molar refractivity (Wildman–Crippen MR) is 67.4 cm³/mol. The van der Waals surface area contributed by atoms with Crippen molar-refractivity contribution in [1.82, 2.24) is 4.90 Å². The molecular formula is C13H18N2O2. The number of urea groups is 1. The summed E-state index contributed by atoms with van der Waals surface area (Å²) >= 11 is 0. The maximum Gasteiger partial charge on any atom is 0.321 e. The third-order valence-electron chi connectivity index (χ3n) is 2.96. The van der Waals surface area contributed by atoms with E-state index in [1.165, 1.54) is 6.42 Å². The standard InChI is InChI=1S/C13H18N2O2/c1-17-12-7-5-6-11(10-12)14-13(16)15-8-3-2-4-9-15/h5-7,10H,2-4,8-9H2,1H3,(H,14,16). The molecule has 0 bridgehead atoms. The van der Waals surface area contributed by atoms with Gasteiger partial charge in [-0.2, -0.15) is 0 Å². The summed E-state index contributed by atoms with van der Waals surface area (Å²) in [5, 5.41) is 2.89. The van der Waals surface area contributed by atoms with E-state index in [1.807, 2.05) is 29.2 Å². The number of piperidine rings is 1. The summed E-state index contributed by atoms with van der Waals surface area (Å²) in [5.41, 5.74) is 0.778. The van der Waals surface area contributed by atoms with Gasteiger partial charge in [0.15, 0.2) is 0 Å². The van der Waals surface area contributed by atoms with Crippen LogP contribution in [0.25, 0.3) is 0 Å². The molecule has 4 nitrogen and oxygen atoms in total. The predicted octanol–water partition coefficient (Wildman–Crippen LogP) is 2.71. The number of ether oxygens (including phenoxy) is 1. The van der Waals surface area contributed by atoms with E-state index in [1.54, 1.807) is 7.11 Å². The van der Waals surface area contributed by atoms with Crippen LogP contribution in [0.2, 0.25) is 0 Å². The van der Waals surface area contributed by atoms with E-state index in [0.717, 1.165) is 37.4 Å². The first-order valence-corrected chi connectivity index (χ1v) is 5.99. The van der Waals surface area contributed by atoms with Gasteiger partial charge in [0.05, 0.1) is 7.11 Å². The van der Waals surface area contributed by atoms with Gasteiger partial charge in [0.1, 0.15) is 5.75 Å². The summed E-state index contributed by atoms with van der Waals surface area (Å²) in [6, 6.07) is 7.39. The summed E-state index contributed by atoms with van der Waals surface area (Å²) < 4.78 is 5.12. The molecule has 2 amide bonds. The monoisotopic (exact) mass is 234 g/mol. The number of nitrogens with zero attached hydrogens (tertiary/aromatic N) is 1. The largest absolute Gasteiger partial charge is 0.497 e. The van der Waals surface area contributed by atoms with E-state index < -0.39 is 0 Å². The van der Waals surface area contributed by atoms with Crippen LogP contribution in [0.4, 0.5) is 10.5 Å². The van der Waals surface area contributed by atoms with Crippen molar-refractivity contribution in [2.75, 3.05) is 25.5 Å². The van der Waals surface area contributed by atoms with Crippen molar-refractivity contribution in [2.45, 2.75) is 19.3 Å². The van der Waals surface area contributed by atoms with Gasteiger partial charge in [-0.25, -0.2) is 4.79 Å². The van der Waals surface area contributed by atoms with E-state index in [-0.39, 0.29) is 6.03 Å². The van der Waals surface area contributed by atoms with Gasteiger partial charge in [0.25, 0.3) is 0 Å². The van der Waals surface area contributed by atoms with E-state index >= 15 is 0 Å². The molecule has 1 N–H and O–H groups in total. The molecule has 1 aliphatic heterocycles. The smallest absolute Gasteiger partial charge is 0.321 e. The number of carbonyl (C=O) groups excluding carboxylic acids is 1. The Labute approximate surface area is 102 Å². The van der Waals surface area contributed by atoms with Gasteiger partial charge in [-0.05, 0) is 31.4 Å². The Balaban J connectivity index is 1.96. The second-order valence-corrected chi connectivity index (χ2v) is 4.21. The minimum atomic E-state index is -0.0158. The lowest BCUT2D eigenvalue weighted by atomic mass is 10.1. The number of rotatable bonds is 2. The van der Waals surface area contributed by atoms with Crippen LogP contribution in [-0.2, 0) is 0 Å². The Kier molecular flexibility index (Phi) is 3.85. The van der Waals surface area contributed by atoms with Crippen LogP contribution < -0.4 is 10.1 Å². The van der Waals surface area contributed by atoms with Gasteiger partial charge >= 0.3 is 6.03 Å². The van der Waals surface area contributed by atoms with E-state index in [9.17, 15) is 4.79 Å². The van der Waals surface area contributed by atoms with Crippen molar-refractivity contribution in [3.8, 4) is 5.75 Å². The molecule has 0 radical (unpaired) electrons. The molecule has 0 saturated carbocycles. The molecule has 1 aromatic carbocycles. The van der Waals surface area contributed by atoms with E-state index in [4.69, 9.17) is 4.74 Å². The quantitative estimate of drug-likeness (QED) is 0.854. The minimum absolute atomic E-state index is 0.0158. The van der Waals surface area contributed by atoms with Gasteiger partial charge in [0, 0.05) is 24.8 Å². The van der Waals surface area contributed by atoms with Crippen LogP contribution in [0.5, 0.6) is 5.75 Å². The van der Waals surface area contributed by atoms with E-state index in [0.29, 0.717) is 0 Å². The molecule has 92 valence electrons. The average molecular weight is 234 g/mol. The molecule has 1 heterocycles. The topological polar surface area (TPSA) is 41.6 Å². The second kappa shape index (κ2) is 5.57. The summed E-state index contributed by atoms with van der Waals surface area (Å²) in [6.07, 6.45) is 3.43.